The third kappa shape index (κ3) is 5.07. The van der Waals surface area contributed by atoms with Crippen molar-refractivity contribution in [2.24, 2.45) is 0 Å². The minimum atomic E-state index is -0.103. The molecule has 0 aliphatic carbocycles. The molecule has 2 fully saturated rings. The predicted octanol–water partition coefficient (Wildman–Crippen LogP) is 5.12. The number of aromatic nitrogens is 4. The maximum atomic E-state index is 12.5. The molecule has 2 aromatic heterocycles. The summed E-state index contributed by atoms with van der Waals surface area (Å²) in [5, 5.41) is 8.28. The zero-order valence-corrected chi connectivity index (χ0v) is 23.3. The first-order valence-corrected chi connectivity index (χ1v) is 14.6. The van der Waals surface area contributed by atoms with E-state index in [1.54, 1.807) is 4.90 Å². The molecule has 212 valence electrons. The third-order valence-electron chi connectivity index (χ3n) is 8.49. The smallest absolute Gasteiger partial charge is 0.242 e. The maximum absolute atomic E-state index is 12.5. The topological polar surface area (TPSA) is 119 Å². The van der Waals surface area contributed by atoms with Gasteiger partial charge in [0.1, 0.15) is 11.6 Å². The molecular weight excluding hydrogens is 526 g/mol. The van der Waals surface area contributed by atoms with Crippen LogP contribution in [-0.4, -0.2) is 56.8 Å². The molecule has 0 spiro atoms. The van der Waals surface area contributed by atoms with E-state index < -0.39 is 0 Å². The largest absolute Gasteiger partial charge is 0.350 e. The quantitative estimate of drug-likeness (QED) is 0.197. The van der Waals surface area contributed by atoms with Crippen LogP contribution in [0, 0.1) is 0 Å². The number of nitrogens with one attached hydrogen (secondary N) is 4. The van der Waals surface area contributed by atoms with Gasteiger partial charge in [-0.25, -0.2) is 9.97 Å². The van der Waals surface area contributed by atoms with E-state index >= 15 is 0 Å². The molecule has 2 unspecified atom stereocenters. The molecule has 2 atom stereocenters. The first-order chi connectivity index (χ1) is 20.7. The Bertz CT molecular complexity index is 1730. The van der Waals surface area contributed by atoms with E-state index in [-0.39, 0.29) is 18.5 Å². The highest BCUT2D eigenvalue weighted by molar-refractivity contribution is 5.90. The number of amides is 2. The number of carbonyl (C=O) groups excluding carboxylic acids is 2. The van der Waals surface area contributed by atoms with Crippen LogP contribution in [0.1, 0.15) is 49.4 Å². The minimum absolute atomic E-state index is 0.00770. The highest BCUT2D eigenvalue weighted by Crippen LogP contribution is 2.33. The van der Waals surface area contributed by atoms with Crippen molar-refractivity contribution in [3.8, 4) is 33.6 Å². The predicted molar refractivity (Wildman–Crippen MR) is 162 cm³/mol. The molecule has 3 aromatic carbocycles. The number of rotatable bonds is 8. The number of hydrogen-bond donors (Lipinski definition) is 4. The van der Waals surface area contributed by atoms with Crippen molar-refractivity contribution in [3.05, 3.63) is 84.7 Å². The highest BCUT2D eigenvalue weighted by Gasteiger charge is 2.31. The molecule has 9 heteroatoms. The van der Waals surface area contributed by atoms with E-state index in [4.69, 9.17) is 0 Å². The molecule has 0 bridgehead atoms. The number of hydrogen-bond acceptors (Lipinski definition) is 5. The Morgan fingerprint density at radius 1 is 0.833 bits per heavy atom. The van der Waals surface area contributed by atoms with Crippen LogP contribution < -0.4 is 10.6 Å². The van der Waals surface area contributed by atoms with Gasteiger partial charge < -0.3 is 25.5 Å². The zero-order chi connectivity index (χ0) is 28.5. The Morgan fingerprint density at radius 3 is 2.26 bits per heavy atom. The van der Waals surface area contributed by atoms with E-state index in [1.165, 1.54) is 17.5 Å². The van der Waals surface area contributed by atoms with Gasteiger partial charge >= 0.3 is 0 Å². The molecule has 5 aromatic rings. The van der Waals surface area contributed by atoms with Crippen LogP contribution in [0.4, 0.5) is 0 Å². The molecule has 2 saturated heterocycles. The maximum Gasteiger partial charge on any atom is 0.242 e. The molecule has 2 aliphatic rings. The lowest BCUT2D eigenvalue weighted by Crippen LogP contribution is -2.37. The van der Waals surface area contributed by atoms with Crippen LogP contribution in [-0.2, 0) is 9.59 Å². The summed E-state index contributed by atoms with van der Waals surface area (Å²) in [6.07, 6.45) is 8.40. The minimum Gasteiger partial charge on any atom is -0.350 e. The van der Waals surface area contributed by atoms with Gasteiger partial charge in [0.25, 0.3) is 0 Å². The average Bonchev–Trinajstić information content (AvgIpc) is 3.86. The molecule has 4 N–H and O–H groups in total. The number of fused-ring (bicyclic) bond motifs is 1. The number of benzene rings is 3. The van der Waals surface area contributed by atoms with Crippen molar-refractivity contribution >= 4 is 23.1 Å². The number of likely N-dealkylation sites (tertiary alicyclic amines) is 1. The summed E-state index contributed by atoms with van der Waals surface area (Å²) in [6.45, 7) is 1.73. The molecule has 9 nitrogen and oxygen atoms in total. The van der Waals surface area contributed by atoms with Crippen molar-refractivity contribution in [2.75, 3.05) is 19.6 Å². The molecular formula is C33H33N7O2. The summed E-state index contributed by atoms with van der Waals surface area (Å²) in [5.41, 5.74) is 6.47. The Hall–Kier alpha value is -4.76. The van der Waals surface area contributed by atoms with E-state index in [0.717, 1.165) is 70.7 Å². The van der Waals surface area contributed by atoms with Crippen LogP contribution in [0.2, 0.25) is 0 Å². The van der Waals surface area contributed by atoms with Crippen LogP contribution >= 0.6 is 0 Å². The van der Waals surface area contributed by atoms with Gasteiger partial charge in [0.2, 0.25) is 12.3 Å². The second kappa shape index (κ2) is 11.3. The van der Waals surface area contributed by atoms with Gasteiger partial charge in [-0.2, -0.15) is 0 Å². The van der Waals surface area contributed by atoms with Gasteiger partial charge in [0, 0.05) is 12.1 Å². The second-order valence-corrected chi connectivity index (χ2v) is 11.1. The second-order valence-electron chi connectivity index (χ2n) is 11.1. The SMILES string of the molecule is O=CNCC(=O)N1CCCC1c1ncc(-c2ccc3cc(-c4ccc(-c5cnc(C6CCCN6)[nH]5)cc4)ccc3c2)[nH]1. The summed E-state index contributed by atoms with van der Waals surface area (Å²) >= 11 is 0. The van der Waals surface area contributed by atoms with Gasteiger partial charge in [0.05, 0.1) is 42.4 Å². The van der Waals surface area contributed by atoms with Crippen LogP contribution in [0.15, 0.2) is 73.1 Å². The molecule has 0 radical (unpaired) electrons. The number of imidazole rings is 2. The molecule has 42 heavy (non-hydrogen) atoms. The van der Waals surface area contributed by atoms with Crippen molar-refractivity contribution in [3.63, 3.8) is 0 Å². The summed E-state index contributed by atoms with van der Waals surface area (Å²) in [6, 6.07) is 21.8. The van der Waals surface area contributed by atoms with E-state index in [2.05, 4.69) is 91.2 Å². The Balaban J connectivity index is 1.07. The molecule has 2 aliphatic heterocycles. The van der Waals surface area contributed by atoms with Gasteiger partial charge in [-0.15, -0.1) is 0 Å². The van der Waals surface area contributed by atoms with Gasteiger partial charge in [0.15, 0.2) is 0 Å². The summed E-state index contributed by atoms with van der Waals surface area (Å²) in [5.74, 6) is 1.71. The first kappa shape index (κ1) is 26.2. The van der Waals surface area contributed by atoms with Crippen molar-refractivity contribution in [1.82, 2.24) is 35.5 Å². The third-order valence-corrected chi connectivity index (χ3v) is 8.49. The number of nitrogens with zero attached hydrogens (tertiary/aromatic N) is 3. The summed E-state index contributed by atoms with van der Waals surface area (Å²) < 4.78 is 0. The Morgan fingerprint density at radius 2 is 1.50 bits per heavy atom. The normalized spacial score (nSPS) is 18.5. The number of carbonyl (C=O) groups is 2. The van der Waals surface area contributed by atoms with E-state index in [1.807, 2.05) is 12.4 Å². The highest BCUT2D eigenvalue weighted by atomic mass is 16.2. The fourth-order valence-electron chi connectivity index (χ4n) is 6.25. The van der Waals surface area contributed by atoms with Crippen LogP contribution in [0.3, 0.4) is 0 Å². The van der Waals surface area contributed by atoms with Gasteiger partial charge in [-0.1, -0.05) is 48.5 Å². The fraction of sp³-hybridized carbons (Fsp3) is 0.273. The lowest BCUT2D eigenvalue weighted by Gasteiger charge is -2.23. The van der Waals surface area contributed by atoms with E-state index in [0.29, 0.717) is 19.0 Å². The van der Waals surface area contributed by atoms with Gasteiger partial charge in [-0.3, -0.25) is 9.59 Å². The summed E-state index contributed by atoms with van der Waals surface area (Å²) in [7, 11) is 0. The van der Waals surface area contributed by atoms with Crippen molar-refractivity contribution in [2.45, 2.75) is 37.8 Å². The summed E-state index contributed by atoms with van der Waals surface area (Å²) in [4.78, 5) is 41.1. The van der Waals surface area contributed by atoms with Crippen LogP contribution in [0.25, 0.3) is 44.4 Å². The Labute approximate surface area is 243 Å². The average molecular weight is 560 g/mol. The monoisotopic (exact) mass is 559 g/mol. The Kier molecular flexibility index (Phi) is 7.01. The first-order valence-electron chi connectivity index (χ1n) is 14.6. The molecule has 7 rings (SSSR count). The fourth-order valence-corrected chi connectivity index (χ4v) is 6.25. The number of H-pyrrole nitrogens is 2. The van der Waals surface area contributed by atoms with Crippen LogP contribution in [0.5, 0.6) is 0 Å². The van der Waals surface area contributed by atoms with Crippen molar-refractivity contribution in [1.29, 1.82) is 0 Å². The number of aromatic amines is 2. The lowest BCUT2D eigenvalue weighted by molar-refractivity contribution is -0.132. The van der Waals surface area contributed by atoms with Gasteiger partial charge in [-0.05, 0) is 71.8 Å². The zero-order valence-electron chi connectivity index (χ0n) is 23.3. The lowest BCUT2D eigenvalue weighted by atomic mass is 9.98. The molecule has 4 heterocycles. The molecule has 0 saturated carbocycles. The standard InChI is InChI=1S/C33H33N7O2/c41-20-34-19-31(42)40-14-2-4-30(40)33-37-18-29(39-33)26-12-11-24-15-23(9-10-25(24)16-26)21-5-7-22(8-6-21)28-17-36-32(38-28)27-3-1-13-35-27/h5-12,15-18,20,27,30,35H,1-4,13-14,19H2,(H,34,41)(H,36,38)(H,37,39). The molecule has 2 amide bonds. The van der Waals surface area contributed by atoms with Crippen molar-refractivity contribution < 1.29 is 9.59 Å². The van der Waals surface area contributed by atoms with E-state index in [9.17, 15) is 9.59 Å².